The highest BCUT2D eigenvalue weighted by Crippen LogP contribution is 2.22. The van der Waals surface area contributed by atoms with Gasteiger partial charge in [0.2, 0.25) is 0 Å². The maximum absolute atomic E-state index is 12.1. The average Bonchev–Trinajstić information content (AvgIpc) is 2.31. The zero-order valence-electron chi connectivity index (χ0n) is 9.65. The number of hydrogen-bond acceptors (Lipinski definition) is 3. The number of hydrogen-bond donors (Lipinski definition) is 3. The van der Waals surface area contributed by atoms with E-state index >= 15 is 0 Å². The van der Waals surface area contributed by atoms with Crippen LogP contribution < -0.4 is 10.0 Å². The van der Waals surface area contributed by atoms with E-state index in [0.717, 1.165) is 51.6 Å². The summed E-state index contributed by atoms with van der Waals surface area (Å²) in [6.45, 7) is 2.05. The third kappa shape index (κ3) is 3.52. The highest BCUT2D eigenvalue weighted by Gasteiger charge is 2.26. The Kier molecular flexibility index (Phi) is 4.76. The summed E-state index contributed by atoms with van der Waals surface area (Å²) >= 11 is 0. The van der Waals surface area contributed by atoms with Crippen molar-refractivity contribution in [3.63, 3.8) is 0 Å². The highest BCUT2D eigenvalue weighted by molar-refractivity contribution is 7.83. The molecule has 1 unspecified atom stereocenters. The van der Waals surface area contributed by atoms with Gasteiger partial charge in [-0.25, -0.2) is 8.93 Å². The molecular weight excluding hydrogens is 224 g/mol. The Morgan fingerprint density at radius 3 is 2.31 bits per heavy atom. The highest BCUT2D eigenvalue weighted by atomic mass is 32.2. The van der Waals surface area contributed by atoms with Crippen LogP contribution >= 0.6 is 0 Å². The number of rotatable bonds is 3. The summed E-state index contributed by atoms with van der Waals surface area (Å²) in [6.07, 6.45) is 5.39. The Labute approximate surface area is 99.8 Å². The summed E-state index contributed by atoms with van der Waals surface area (Å²) in [7, 11) is -0.908. The number of aliphatic hydroxyl groups is 1. The minimum atomic E-state index is -0.908. The summed E-state index contributed by atoms with van der Waals surface area (Å²) in [5, 5.41) is 13.0. The monoisotopic (exact) mass is 246 g/mol. The van der Waals surface area contributed by atoms with Crippen LogP contribution in [0.15, 0.2) is 0 Å². The third-order valence-electron chi connectivity index (χ3n) is 3.57. The van der Waals surface area contributed by atoms with Crippen molar-refractivity contribution in [2.24, 2.45) is 0 Å². The molecule has 94 valence electrons. The van der Waals surface area contributed by atoms with Gasteiger partial charge in [-0.3, -0.25) is 0 Å². The first-order chi connectivity index (χ1) is 7.75. The second-order valence-electron chi connectivity index (χ2n) is 4.87. The maximum Gasteiger partial charge on any atom is 0.0949 e. The molecular formula is C11H22N2O2S. The van der Waals surface area contributed by atoms with Gasteiger partial charge in [-0.2, -0.15) is 0 Å². The lowest BCUT2D eigenvalue weighted by molar-refractivity contribution is 0.131. The van der Waals surface area contributed by atoms with E-state index < -0.39 is 11.0 Å². The standard InChI is InChI=1S/C11H22N2O2S/c14-10-1-3-11(4-2-10)16(15)13-9-5-7-12-8-6-9/h9-14H,1-8H2. The Balaban J connectivity index is 1.74. The van der Waals surface area contributed by atoms with Crippen LogP contribution in [-0.2, 0) is 11.0 Å². The average molecular weight is 246 g/mol. The zero-order chi connectivity index (χ0) is 11.4. The lowest BCUT2D eigenvalue weighted by Gasteiger charge is -2.28. The summed E-state index contributed by atoms with van der Waals surface area (Å²) in [6, 6.07) is 0.411. The zero-order valence-corrected chi connectivity index (χ0v) is 10.5. The van der Waals surface area contributed by atoms with E-state index in [-0.39, 0.29) is 11.4 Å². The Hall–Kier alpha value is 0.0300. The molecule has 0 radical (unpaired) electrons. The lowest BCUT2D eigenvalue weighted by atomic mass is 9.97. The Bertz CT molecular complexity index is 236. The van der Waals surface area contributed by atoms with E-state index in [2.05, 4.69) is 10.0 Å². The van der Waals surface area contributed by atoms with Crippen molar-refractivity contribution < 1.29 is 9.32 Å². The first-order valence-corrected chi connectivity index (χ1v) is 7.52. The molecule has 1 atom stereocenters. The van der Waals surface area contributed by atoms with Crippen LogP contribution in [-0.4, -0.2) is 39.8 Å². The van der Waals surface area contributed by atoms with Crippen LogP contribution in [0.2, 0.25) is 0 Å². The van der Waals surface area contributed by atoms with Gasteiger partial charge in [-0.05, 0) is 51.6 Å². The van der Waals surface area contributed by atoms with E-state index in [1.165, 1.54) is 0 Å². The molecule has 2 fully saturated rings. The maximum atomic E-state index is 12.1. The number of aliphatic hydroxyl groups excluding tert-OH is 1. The van der Waals surface area contributed by atoms with Crippen LogP contribution in [0.1, 0.15) is 38.5 Å². The summed E-state index contributed by atoms with van der Waals surface area (Å²) in [5.74, 6) is 0. The molecule has 1 saturated carbocycles. The van der Waals surface area contributed by atoms with Gasteiger partial charge in [0.1, 0.15) is 0 Å². The second kappa shape index (κ2) is 6.10. The first kappa shape index (κ1) is 12.5. The minimum Gasteiger partial charge on any atom is -0.393 e. The van der Waals surface area contributed by atoms with Crippen LogP contribution in [0.4, 0.5) is 0 Å². The molecule has 1 heterocycles. The fourth-order valence-electron chi connectivity index (χ4n) is 2.46. The molecule has 3 N–H and O–H groups in total. The van der Waals surface area contributed by atoms with Crippen molar-refractivity contribution in [1.29, 1.82) is 0 Å². The SMILES string of the molecule is O=S(NC1CCNCC1)C1CCC(O)CC1. The van der Waals surface area contributed by atoms with Crippen LogP contribution in [0.5, 0.6) is 0 Å². The minimum absolute atomic E-state index is 0.160. The molecule has 4 nitrogen and oxygen atoms in total. The molecule has 0 aromatic rings. The van der Waals surface area contributed by atoms with Gasteiger partial charge in [0.25, 0.3) is 0 Å². The van der Waals surface area contributed by atoms with Crippen LogP contribution in [0.25, 0.3) is 0 Å². The molecule has 1 aliphatic carbocycles. The molecule has 2 aliphatic rings. The van der Waals surface area contributed by atoms with Gasteiger partial charge in [-0.15, -0.1) is 0 Å². The summed E-state index contributed by atoms with van der Waals surface area (Å²) in [5.41, 5.74) is 0. The smallest absolute Gasteiger partial charge is 0.0949 e. The van der Waals surface area contributed by atoms with Crippen molar-refractivity contribution in [1.82, 2.24) is 10.0 Å². The molecule has 0 aromatic heterocycles. The lowest BCUT2D eigenvalue weighted by Crippen LogP contribution is -2.43. The van der Waals surface area contributed by atoms with E-state index in [9.17, 15) is 9.32 Å². The fraction of sp³-hybridized carbons (Fsp3) is 1.00. The normalized spacial score (nSPS) is 34.8. The molecule has 1 aliphatic heterocycles. The van der Waals surface area contributed by atoms with Gasteiger partial charge in [0.05, 0.1) is 17.1 Å². The van der Waals surface area contributed by atoms with Gasteiger partial charge < -0.3 is 10.4 Å². The van der Waals surface area contributed by atoms with Gasteiger partial charge >= 0.3 is 0 Å². The van der Waals surface area contributed by atoms with E-state index in [4.69, 9.17) is 0 Å². The first-order valence-electron chi connectivity index (χ1n) is 6.31. The Morgan fingerprint density at radius 1 is 1.06 bits per heavy atom. The molecule has 0 amide bonds. The number of nitrogens with one attached hydrogen (secondary N) is 2. The molecule has 5 heteroatoms. The van der Waals surface area contributed by atoms with E-state index in [1.807, 2.05) is 0 Å². The third-order valence-corrected chi connectivity index (χ3v) is 5.21. The molecule has 16 heavy (non-hydrogen) atoms. The molecule has 1 saturated heterocycles. The predicted molar refractivity (Wildman–Crippen MR) is 65.4 cm³/mol. The summed E-state index contributed by atoms with van der Waals surface area (Å²) in [4.78, 5) is 0. The van der Waals surface area contributed by atoms with Crippen molar-refractivity contribution in [3.05, 3.63) is 0 Å². The molecule has 0 bridgehead atoms. The summed E-state index contributed by atoms with van der Waals surface area (Å²) < 4.78 is 15.3. The van der Waals surface area contributed by atoms with Gasteiger partial charge in [0, 0.05) is 11.3 Å². The quantitative estimate of drug-likeness (QED) is 0.671. The second-order valence-corrected chi connectivity index (χ2v) is 6.37. The van der Waals surface area contributed by atoms with E-state index in [1.54, 1.807) is 0 Å². The number of piperidine rings is 1. The van der Waals surface area contributed by atoms with Crippen LogP contribution in [0, 0.1) is 0 Å². The van der Waals surface area contributed by atoms with Gasteiger partial charge in [-0.1, -0.05) is 0 Å². The van der Waals surface area contributed by atoms with Gasteiger partial charge in [0.15, 0.2) is 0 Å². The van der Waals surface area contributed by atoms with E-state index in [0.29, 0.717) is 6.04 Å². The van der Waals surface area contributed by atoms with Crippen molar-refractivity contribution >= 4 is 11.0 Å². The van der Waals surface area contributed by atoms with Crippen molar-refractivity contribution in [2.75, 3.05) is 13.1 Å². The largest absolute Gasteiger partial charge is 0.393 e. The fourth-order valence-corrected chi connectivity index (χ4v) is 3.92. The predicted octanol–water partition coefficient (Wildman–Crippen LogP) is 0.295. The van der Waals surface area contributed by atoms with Crippen molar-refractivity contribution in [3.8, 4) is 0 Å². The Morgan fingerprint density at radius 2 is 1.69 bits per heavy atom. The molecule has 2 rings (SSSR count). The molecule has 0 spiro atoms. The topological polar surface area (TPSA) is 61.4 Å². The van der Waals surface area contributed by atoms with Crippen LogP contribution in [0.3, 0.4) is 0 Å². The molecule has 0 aromatic carbocycles. The van der Waals surface area contributed by atoms with Crippen molar-refractivity contribution in [2.45, 2.75) is 55.9 Å².